The van der Waals surface area contributed by atoms with Crippen LogP contribution in [0, 0.1) is 0 Å². The quantitative estimate of drug-likeness (QED) is 0.736. The second-order valence-electron chi connectivity index (χ2n) is 3.43. The van der Waals surface area contributed by atoms with Crippen LogP contribution in [0.1, 0.15) is 12.6 Å². The summed E-state index contributed by atoms with van der Waals surface area (Å²) < 4.78 is 28.4. The molecule has 5 nitrogen and oxygen atoms in total. The van der Waals surface area contributed by atoms with Crippen LogP contribution in [0.2, 0.25) is 0 Å². The number of alkyl halides is 2. The van der Waals surface area contributed by atoms with Crippen molar-refractivity contribution in [2.24, 2.45) is 0 Å². The first-order valence-corrected chi connectivity index (χ1v) is 6.11. The summed E-state index contributed by atoms with van der Waals surface area (Å²) in [6.07, 6.45) is -2.42. The van der Waals surface area contributed by atoms with E-state index in [9.17, 15) is 8.78 Å². The molecule has 0 unspecified atom stereocenters. The van der Waals surface area contributed by atoms with Gasteiger partial charge in [0.2, 0.25) is 0 Å². The predicted molar refractivity (Wildman–Crippen MR) is 62.4 cm³/mol. The van der Waals surface area contributed by atoms with E-state index in [-0.39, 0.29) is 26.2 Å². The van der Waals surface area contributed by atoms with Crippen LogP contribution in [0.25, 0.3) is 0 Å². The van der Waals surface area contributed by atoms with Crippen LogP contribution in [0.4, 0.5) is 13.8 Å². The van der Waals surface area contributed by atoms with E-state index >= 15 is 0 Å². The summed E-state index contributed by atoms with van der Waals surface area (Å²) in [6.45, 7) is 2.61. The lowest BCUT2D eigenvalue weighted by atomic mass is 10.3. The fourth-order valence-corrected chi connectivity index (χ4v) is 2.03. The average molecular weight is 266 g/mol. The second kappa shape index (κ2) is 7.46. The van der Waals surface area contributed by atoms with Crippen LogP contribution in [0.3, 0.4) is 0 Å². The number of hydrogen-bond donors (Lipinski definition) is 2. The Morgan fingerprint density at radius 1 is 1.53 bits per heavy atom. The lowest BCUT2D eigenvalue weighted by Gasteiger charge is -2.19. The van der Waals surface area contributed by atoms with Crippen molar-refractivity contribution >= 4 is 16.5 Å². The summed E-state index contributed by atoms with van der Waals surface area (Å²) in [6, 6.07) is 0. The molecule has 0 saturated heterocycles. The lowest BCUT2D eigenvalue weighted by molar-refractivity contribution is 0.0741. The normalized spacial score (nSPS) is 11.4. The van der Waals surface area contributed by atoms with Gasteiger partial charge in [-0.1, -0.05) is 4.49 Å². The Bertz CT molecular complexity index is 324. The average Bonchev–Trinajstić information content (AvgIpc) is 2.66. The van der Waals surface area contributed by atoms with Crippen LogP contribution in [-0.2, 0) is 6.54 Å². The summed E-state index contributed by atoms with van der Waals surface area (Å²) in [5.41, 5.74) is 0.644. The van der Waals surface area contributed by atoms with E-state index in [2.05, 4.69) is 14.9 Å². The van der Waals surface area contributed by atoms with Crippen LogP contribution in [0.5, 0.6) is 0 Å². The Balaban J connectivity index is 2.60. The summed E-state index contributed by atoms with van der Waals surface area (Å²) >= 11 is 1.20. The molecule has 0 aliphatic carbocycles. The first-order chi connectivity index (χ1) is 8.17. The lowest BCUT2D eigenvalue weighted by Crippen LogP contribution is -2.31. The molecule has 0 radical (unpaired) electrons. The topological polar surface area (TPSA) is 61.3 Å². The number of anilines is 1. The third-order valence-corrected chi connectivity index (χ3v) is 2.80. The van der Waals surface area contributed by atoms with Gasteiger partial charge in [-0.15, -0.1) is 5.10 Å². The Morgan fingerprint density at radius 3 is 2.88 bits per heavy atom. The van der Waals surface area contributed by atoms with Gasteiger partial charge in [0.05, 0.1) is 13.2 Å². The third-order valence-electron chi connectivity index (χ3n) is 2.08. The second-order valence-corrected chi connectivity index (χ2v) is 4.18. The highest BCUT2D eigenvalue weighted by molar-refractivity contribution is 7.10. The van der Waals surface area contributed by atoms with Gasteiger partial charge in [0.1, 0.15) is 10.7 Å². The Labute approximate surface area is 103 Å². The predicted octanol–water partition coefficient (Wildman–Crippen LogP) is 1.03. The minimum absolute atomic E-state index is 0.152. The highest BCUT2D eigenvalue weighted by Crippen LogP contribution is 2.19. The van der Waals surface area contributed by atoms with Crippen molar-refractivity contribution in [2.45, 2.75) is 19.9 Å². The highest BCUT2D eigenvalue weighted by Gasteiger charge is 2.16. The molecule has 0 amide bonds. The van der Waals surface area contributed by atoms with Gasteiger partial charge in [0, 0.05) is 31.2 Å². The van der Waals surface area contributed by atoms with Crippen LogP contribution in [-0.4, -0.2) is 52.3 Å². The molecule has 1 aromatic rings. The molecule has 0 aromatic carbocycles. The van der Waals surface area contributed by atoms with Crippen molar-refractivity contribution in [1.82, 2.24) is 14.5 Å². The number of nitrogens with zero attached hydrogens (tertiary/aromatic N) is 3. The Morgan fingerprint density at radius 2 is 2.29 bits per heavy atom. The van der Waals surface area contributed by atoms with Crippen molar-refractivity contribution in [3.63, 3.8) is 0 Å². The zero-order valence-electron chi connectivity index (χ0n) is 9.57. The van der Waals surface area contributed by atoms with E-state index in [1.54, 1.807) is 0 Å². The van der Waals surface area contributed by atoms with E-state index in [1.165, 1.54) is 16.4 Å². The number of halogens is 2. The molecule has 2 N–H and O–H groups in total. The summed E-state index contributed by atoms with van der Waals surface area (Å²) in [5, 5.41) is 16.6. The molecule has 1 heterocycles. The van der Waals surface area contributed by atoms with Crippen LogP contribution in [0.15, 0.2) is 0 Å². The molecule has 8 heteroatoms. The molecule has 17 heavy (non-hydrogen) atoms. The van der Waals surface area contributed by atoms with E-state index in [0.717, 1.165) is 11.5 Å². The Kier molecular flexibility index (Phi) is 6.23. The minimum Gasteiger partial charge on any atom is -0.395 e. The van der Waals surface area contributed by atoms with Gasteiger partial charge >= 0.3 is 0 Å². The standard InChI is InChI=1S/C9H16F2N4OS/c1-2-12-9-7(13-14-17-9)5-15(3-4-16)6-8(10)11/h8,12,16H,2-6H2,1H3. The zero-order chi connectivity index (χ0) is 12.7. The molecule has 1 rings (SSSR count). The number of nitrogens with one attached hydrogen (secondary N) is 1. The molecular weight excluding hydrogens is 250 g/mol. The van der Waals surface area contributed by atoms with Crippen molar-refractivity contribution < 1.29 is 13.9 Å². The molecule has 0 aliphatic heterocycles. The number of aliphatic hydroxyl groups excluding tert-OH is 1. The Hall–Kier alpha value is -0.860. The third kappa shape index (κ3) is 4.88. The summed E-state index contributed by atoms with van der Waals surface area (Å²) in [4.78, 5) is 1.46. The molecule has 0 spiro atoms. The van der Waals surface area contributed by atoms with Gasteiger partial charge in [0.15, 0.2) is 0 Å². The highest BCUT2D eigenvalue weighted by atomic mass is 32.1. The summed E-state index contributed by atoms with van der Waals surface area (Å²) in [7, 11) is 0. The molecule has 98 valence electrons. The molecular formula is C9H16F2N4OS. The number of aliphatic hydroxyl groups is 1. The van der Waals surface area contributed by atoms with E-state index in [0.29, 0.717) is 5.69 Å². The molecule has 0 fully saturated rings. The smallest absolute Gasteiger partial charge is 0.251 e. The van der Waals surface area contributed by atoms with Gasteiger partial charge in [-0.2, -0.15) is 0 Å². The maximum atomic E-state index is 12.3. The van der Waals surface area contributed by atoms with Crippen molar-refractivity contribution in [2.75, 3.05) is 31.6 Å². The maximum absolute atomic E-state index is 12.3. The van der Waals surface area contributed by atoms with Gasteiger partial charge in [-0.25, -0.2) is 8.78 Å². The zero-order valence-corrected chi connectivity index (χ0v) is 10.4. The first kappa shape index (κ1) is 14.2. The summed E-state index contributed by atoms with van der Waals surface area (Å²) in [5.74, 6) is 0. The maximum Gasteiger partial charge on any atom is 0.251 e. The van der Waals surface area contributed by atoms with Gasteiger partial charge in [0.25, 0.3) is 6.43 Å². The first-order valence-electron chi connectivity index (χ1n) is 5.33. The SMILES string of the molecule is CCNc1snnc1CN(CCO)CC(F)F. The molecule has 0 saturated carbocycles. The fourth-order valence-electron chi connectivity index (χ4n) is 1.39. The molecule has 0 bridgehead atoms. The van der Waals surface area contributed by atoms with E-state index < -0.39 is 6.43 Å². The molecule has 0 atom stereocenters. The van der Waals surface area contributed by atoms with Gasteiger partial charge in [-0.05, 0) is 6.92 Å². The van der Waals surface area contributed by atoms with E-state index in [4.69, 9.17) is 5.11 Å². The number of hydrogen-bond acceptors (Lipinski definition) is 6. The largest absolute Gasteiger partial charge is 0.395 e. The monoisotopic (exact) mass is 266 g/mol. The number of aromatic nitrogens is 2. The van der Waals surface area contributed by atoms with Crippen molar-refractivity contribution in [3.8, 4) is 0 Å². The van der Waals surface area contributed by atoms with Crippen molar-refractivity contribution in [3.05, 3.63) is 5.69 Å². The van der Waals surface area contributed by atoms with Crippen LogP contribution >= 0.6 is 11.5 Å². The van der Waals surface area contributed by atoms with Crippen molar-refractivity contribution in [1.29, 1.82) is 0 Å². The van der Waals surface area contributed by atoms with Gasteiger partial charge in [-0.3, -0.25) is 4.90 Å². The minimum atomic E-state index is -2.42. The molecule has 1 aromatic heterocycles. The fraction of sp³-hybridized carbons (Fsp3) is 0.778. The van der Waals surface area contributed by atoms with Crippen LogP contribution < -0.4 is 5.32 Å². The van der Waals surface area contributed by atoms with Gasteiger partial charge < -0.3 is 10.4 Å². The molecule has 0 aliphatic rings. The number of rotatable bonds is 8. The van der Waals surface area contributed by atoms with E-state index in [1.807, 2.05) is 6.92 Å².